The number of nitro groups is 1. The molecule has 0 saturated carbocycles. The zero-order chi connectivity index (χ0) is 15.3. The lowest BCUT2D eigenvalue weighted by atomic mass is 9.96. The van der Waals surface area contributed by atoms with Crippen molar-refractivity contribution in [3.63, 3.8) is 0 Å². The number of amides is 1. The maximum Gasteiger partial charge on any atom is 0.292 e. The van der Waals surface area contributed by atoms with Crippen molar-refractivity contribution in [2.45, 2.75) is 27.7 Å². The molecule has 1 amide bonds. The van der Waals surface area contributed by atoms with Gasteiger partial charge in [0.05, 0.1) is 4.92 Å². The van der Waals surface area contributed by atoms with Crippen LogP contribution in [0.2, 0.25) is 0 Å². The van der Waals surface area contributed by atoms with Gasteiger partial charge in [0.2, 0.25) is 5.91 Å². The van der Waals surface area contributed by atoms with E-state index in [1.165, 1.54) is 6.07 Å². The highest BCUT2D eigenvalue weighted by molar-refractivity contribution is 5.81. The first-order valence-corrected chi connectivity index (χ1v) is 6.49. The minimum atomic E-state index is -0.435. The molecule has 0 bridgehead atoms. The first kappa shape index (κ1) is 15.9. The predicted molar refractivity (Wildman–Crippen MR) is 78.8 cm³/mol. The number of benzene rings is 1. The molecule has 1 aromatic rings. The summed E-state index contributed by atoms with van der Waals surface area (Å²) in [5.41, 5.74) is 0.914. The quantitative estimate of drug-likeness (QED) is 0.492. The van der Waals surface area contributed by atoms with Crippen LogP contribution in [0.3, 0.4) is 0 Å². The van der Waals surface area contributed by atoms with Crippen LogP contribution in [0.4, 0.5) is 11.4 Å². The van der Waals surface area contributed by atoms with Gasteiger partial charge >= 0.3 is 0 Å². The Morgan fingerprint density at radius 3 is 2.50 bits per heavy atom. The van der Waals surface area contributed by atoms with E-state index in [-0.39, 0.29) is 11.6 Å². The summed E-state index contributed by atoms with van der Waals surface area (Å²) < 4.78 is 0. The summed E-state index contributed by atoms with van der Waals surface area (Å²) in [5.74, 6) is -0.0438. The number of nitrogens with one attached hydrogen (secondary N) is 2. The van der Waals surface area contributed by atoms with Gasteiger partial charge in [-0.1, -0.05) is 26.8 Å². The van der Waals surface area contributed by atoms with Crippen LogP contribution in [-0.2, 0) is 4.79 Å². The number of nitrogens with zero attached hydrogens (tertiary/aromatic N) is 1. The van der Waals surface area contributed by atoms with E-state index in [0.717, 1.165) is 5.56 Å². The maximum absolute atomic E-state index is 11.6. The molecule has 20 heavy (non-hydrogen) atoms. The Morgan fingerprint density at radius 1 is 1.30 bits per heavy atom. The molecule has 0 aliphatic rings. The van der Waals surface area contributed by atoms with Gasteiger partial charge in [0.15, 0.2) is 0 Å². The third-order valence-electron chi connectivity index (χ3n) is 2.76. The summed E-state index contributed by atoms with van der Waals surface area (Å²) >= 11 is 0. The molecule has 110 valence electrons. The Balaban J connectivity index is 2.55. The molecule has 6 heteroatoms. The van der Waals surface area contributed by atoms with E-state index in [1.54, 1.807) is 13.0 Å². The van der Waals surface area contributed by atoms with Crippen molar-refractivity contribution in [1.82, 2.24) is 5.32 Å². The zero-order valence-electron chi connectivity index (χ0n) is 12.3. The van der Waals surface area contributed by atoms with E-state index in [9.17, 15) is 14.9 Å². The SMILES string of the molecule is Cc1ccc(NCCNC(=O)C(C)(C)C)c([N+](=O)[O-])c1. The monoisotopic (exact) mass is 279 g/mol. The molecular weight excluding hydrogens is 258 g/mol. The van der Waals surface area contributed by atoms with E-state index < -0.39 is 10.3 Å². The molecule has 6 nitrogen and oxygen atoms in total. The van der Waals surface area contributed by atoms with Crippen molar-refractivity contribution in [3.05, 3.63) is 33.9 Å². The molecule has 0 heterocycles. The summed E-state index contributed by atoms with van der Waals surface area (Å²) in [4.78, 5) is 22.2. The predicted octanol–water partition coefficient (Wildman–Crippen LogP) is 2.48. The third kappa shape index (κ3) is 4.53. The second-order valence-electron chi connectivity index (χ2n) is 5.71. The number of carbonyl (C=O) groups is 1. The van der Waals surface area contributed by atoms with Crippen LogP contribution in [-0.4, -0.2) is 23.9 Å². The molecule has 0 atom stereocenters. The molecule has 1 aromatic carbocycles. The number of aryl methyl sites for hydroxylation is 1. The fourth-order valence-electron chi connectivity index (χ4n) is 1.58. The standard InChI is InChI=1S/C14H21N3O3/c1-10-5-6-11(12(9-10)17(19)20)15-7-8-16-13(18)14(2,3)4/h5-6,9,15H,7-8H2,1-4H3,(H,16,18). The van der Waals surface area contributed by atoms with E-state index >= 15 is 0 Å². The summed E-state index contributed by atoms with van der Waals surface area (Å²) in [6.45, 7) is 8.16. The number of nitro benzene ring substituents is 1. The Morgan fingerprint density at radius 2 is 1.95 bits per heavy atom. The Labute approximate surface area is 118 Å². The van der Waals surface area contributed by atoms with Crippen LogP contribution >= 0.6 is 0 Å². The second kappa shape index (κ2) is 6.36. The van der Waals surface area contributed by atoms with E-state index in [4.69, 9.17) is 0 Å². The van der Waals surface area contributed by atoms with Crippen LogP contribution in [0.1, 0.15) is 26.3 Å². The average Bonchev–Trinajstić information content (AvgIpc) is 2.34. The number of hydrogen-bond acceptors (Lipinski definition) is 4. The van der Waals surface area contributed by atoms with Gasteiger partial charge in [0.1, 0.15) is 5.69 Å². The lowest BCUT2D eigenvalue weighted by molar-refractivity contribution is -0.384. The minimum Gasteiger partial charge on any atom is -0.378 e. The number of anilines is 1. The van der Waals surface area contributed by atoms with Crippen molar-refractivity contribution in [2.75, 3.05) is 18.4 Å². The van der Waals surface area contributed by atoms with Crippen LogP contribution in [0.25, 0.3) is 0 Å². The topological polar surface area (TPSA) is 84.3 Å². The van der Waals surface area contributed by atoms with Gasteiger partial charge in [-0.3, -0.25) is 14.9 Å². The highest BCUT2D eigenvalue weighted by atomic mass is 16.6. The summed E-state index contributed by atoms with van der Waals surface area (Å²) in [7, 11) is 0. The number of rotatable bonds is 5. The lowest BCUT2D eigenvalue weighted by Gasteiger charge is -2.17. The van der Waals surface area contributed by atoms with Crippen LogP contribution < -0.4 is 10.6 Å². The Bertz CT molecular complexity index is 507. The molecule has 1 rings (SSSR count). The first-order valence-electron chi connectivity index (χ1n) is 6.49. The molecule has 0 unspecified atom stereocenters. The molecule has 0 aliphatic heterocycles. The fourth-order valence-corrected chi connectivity index (χ4v) is 1.58. The summed E-state index contributed by atoms with van der Waals surface area (Å²) in [5, 5.41) is 16.7. The highest BCUT2D eigenvalue weighted by Gasteiger charge is 2.20. The Hall–Kier alpha value is -2.11. The van der Waals surface area contributed by atoms with Gasteiger partial charge in [-0.25, -0.2) is 0 Å². The molecule has 0 fully saturated rings. The van der Waals surface area contributed by atoms with Crippen LogP contribution in [0.15, 0.2) is 18.2 Å². The normalized spacial score (nSPS) is 11.0. The van der Waals surface area contributed by atoms with Crippen molar-refractivity contribution < 1.29 is 9.72 Å². The zero-order valence-corrected chi connectivity index (χ0v) is 12.3. The molecule has 0 spiro atoms. The third-order valence-corrected chi connectivity index (χ3v) is 2.76. The molecular formula is C14H21N3O3. The highest BCUT2D eigenvalue weighted by Crippen LogP contribution is 2.24. The van der Waals surface area contributed by atoms with Crippen molar-refractivity contribution in [2.24, 2.45) is 5.41 Å². The number of carbonyl (C=O) groups excluding carboxylic acids is 1. The molecule has 0 aromatic heterocycles. The van der Waals surface area contributed by atoms with Gasteiger partial charge in [-0.15, -0.1) is 0 Å². The van der Waals surface area contributed by atoms with Crippen molar-refractivity contribution in [1.29, 1.82) is 0 Å². The lowest BCUT2D eigenvalue weighted by Crippen LogP contribution is -2.37. The molecule has 0 radical (unpaired) electrons. The minimum absolute atomic E-state index is 0.0438. The second-order valence-corrected chi connectivity index (χ2v) is 5.71. The van der Waals surface area contributed by atoms with Gasteiger partial charge in [-0.2, -0.15) is 0 Å². The van der Waals surface area contributed by atoms with E-state index in [1.807, 2.05) is 26.8 Å². The van der Waals surface area contributed by atoms with Crippen molar-refractivity contribution >= 4 is 17.3 Å². The Kier molecular flexibility index (Phi) is 5.07. The van der Waals surface area contributed by atoms with Crippen molar-refractivity contribution in [3.8, 4) is 0 Å². The summed E-state index contributed by atoms with van der Waals surface area (Å²) in [6.07, 6.45) is 0. The van der Waals surface area contributed by atoms with Gasteiger partial charge < -0.3 is 10.6 Å². The van der Waals surface area contributed by atoms with E-state index in [2.05, 4.69) is 10.6 Å². The first-order chi connectivity index (χ1) is 9.21. The largest absolute Gasteiger partial charge is 0.378 e. The van der Waals surface area contributed by atoms with Crippen LogP contribution in [0.5, 0.6) is 0 Å². The summed E-state index contributed by atoms with van der Waals surface area (Å²) in [6, 6.07) is 5.01. The molecule has 0 saturated heterocycles. The van der Waals surface area contributed by atoms with Gasteiger partial charge in [0, 0.05) is 24.6 Å². The number of hydrogen-bond donors (Lipinski definition) is 2. The smallest absolute Gasteiger partial charge is 0.292 e. The van der Waals surface area contributed by atoms with Crippen LogP contribution in [0, 0.1) is 22.5 Å². The molecule has 2 N–H and O–H groups in total. The van der Waals surface area contributed by atoms with Gasteiger partial charge in [-0.05, 0) is 18.6 Å². The fraction of sp³-hybridized carbons (Fsp3) is 0.500. The molecule has 0 aliphatic carbocycles. The maximum atomic E-state index is 11.6. The average molecular weight is 279 g/mol. The van der Waals surface area contributed by atoms with Gasteiger partial charge in [0.25, 0.3) is 5.69 Å². The van der Waals surface area contributed by atoms with E-state index in [0.29, 0.717) is 18.8 Å².